The summed E-state index contributed by atoms with van der Waals surface area (Å²) < 4.78 is 2.08. The molecule has 1 heterocycles. The average molecular weight is 341 g/mol. The SMILES string of the molecule is Cc1ccc(-n2c(C)cc(C(=O)CN(CC(N)=O)C(C)C)c2C)cc1. The highest BCUT2D eigenvalue weighted by atomic mass is 16.1. The van der Waals surface area contributed by atoms with Gasteiger partial charge in [0.2, 0.25) is 5.91 Å². The number of hydrogen-bond donors (Lipinski definition) is 1. The van der Waals surface area contributed by atoms with Gasteiger partial charge in [-0.3, -0.25) is 14.5 Å². The minimum atomic E-state index is -0.424. The Kier molecular flexibility index (Phi) is 5.80. The smallest absolute Gasteiger partial charge is 0.231 e. The molecule has 2 rings (SSSR count). The molecule has 0 radical (unpaired) electrons. The summed E-state index contributed by atoms with van der Waals surface area (Å²) in [5.41, 5.74) is 10.1. The minimum Gasteiger partial charge on any atom is -0.369 e. The van der Waals surface area contributed by atoms with Crippen LogP contribution in [0.4, 0.5) is 0 Å². The number of nitrogens with zero attached hydrogens (tertiary/aromatic N) is 2. The molecule has 1 aromatic heterocycles. The maximum absolute atomic E-state index is 12.8. The molecular formula is C20H27N3O2. The Morgan fingerprint density at radius 1 is 1.08 bits per heavy atom. The van der Waals surface area contributed by atoms with Crippen LogP contribution in [0.5, 0.6) is 0 Å². The van der Waals surface area contributed by atoms with E-state index in [1.54, 1.807) is 4.90 Å². The number of Topliss-reactive ketones (excluding diaryl/α,β-unsaturated/α-hetero) is 1. The van der Waals surface area contributed by atoms with Crippen molar-refractivity contribution in [2.75, 3.05) is 13.1 Å². The van der Waals surface area contributed by atoms with Crippen molar-refractivity contribution >= 4 is 11.7 Å². The standard InChI is InChI=1S/C20H27N3O2/c1-13(2)22(12-20(21)25)11-19(24)18-10-15(4)23(16(18)5)17-8-6-14(3)7-9-17/h6-10,13H,11-12H2,1-5H3,(H2,21,25). The molecule has 0 spiro atoms. The molecule has 0 atom stereocenters. The van der Waals surface area contributed by atoms with Crippen molar-refractivity contribution in [3.05, 3.63) is 52.8 Å². The molecule has 1 amide bonds. The quantitative estimate of drug-likeness (QED) is 0.787. The predicted molar refractivity (Wildman–Crippen MR) is 100 cm³/mol. The van der Waals surface area contributed by atoms with Crippen LogP contribution >= 0.6 is 0 Å². The van der Waals surface area contributed by atoms with Gasteiger partial charge in [-0.1, -0.05) is 17.7 Å². The van der Waals surface area contributed by atoms with Crippen LogP contribution in [-0.2, 0) is 4.79 Å². The fraction of sp³-hybridized carbons (Fsp3) is 0.400. The fourth-order valence-corrected chi connectivity index (χ4v) is 3.03. The van der Waals surface area contributed by atoms with Crippen LogP contribution < -0.4 is 5.73 Å². The van der Waals surface area contributed by atoms with Crippen LogP contribution in [0.2, 0.25) is 0 Å². The molecule has 2 aromatic rings. The number of primary amides is 1. The number of aryl methyl sites for hydroxylation is 2. The minimum absolute atomic E-state index is 0.00131. The first-order valence-corrected chi connectivity index (χ1v) is 8.52. The number of amides is 1. The second-order valence-corrected chi connectivity index (χ2v) is 6.84. The van der Waals surface area contributed by atoms with Gasteiger partial charge in [0.25, 0.3) is 0 Å². The van der Waals surface area contributed by atoms with E-state index in [2.05, 4.69) is 28.8 Å². The molecule has 0 unspecified atom stereocenters. The summed E-state index contributed by atoms with van der Waals surface area (Å²) in [5.74, 6) is -0.423. The van der Waals surface area contributed by atoms with Crippen molar-refractivity contribution in [1.82, 2.24) is 9.47 Å². The van der Waals surface area contributed by atoms with Gasteiger partial charge in [0.1, 0.15) is 0 Å². The van der Waals surface area contributed by atoms with Gasteiger partial charge in [-0.05, 0) is 52.8 Å². The lowest BCUT2D eigenvalue weighted by atomic mass is 10.1. The number of ketones is 1. The van der Waals surface area contributed by atoms with E-state index < -0.39 is 5.91 Å². The van der Waals surface area contributed by atoms with Crippen molar-refractivity contribution in [2.24, 2.45) is 5.73 Å². The maximum atomic E-state index is 12.8. The van der Waals surface area contributed by atoms with E-state index in [9.17, 15) is 9.59 Å². The van der Waals surface area contributed by atoms with Crippen LogP contribution in [-0.4, -0.2) is 40.3 Å². The number of aromatic nitrogens is 1. The zero-order valence-corrected chi connectivity index (χ0v) is 15.7. The van der Waals surface area contributed by atoms with E-state index in [1.165, 1.54) is 5.56 Å². The number of hydrogen-bond acceptors (Lipinski definition) is 3. The number of benzene rings is 1. The van der Waals surface area contributed by atoms with Gasteiger partial charge in [-0.25, -0.2) is 0 Å². The first-order valence-electron chi connectivity index (χ1n) is 8.52. The highest BCUT2D eigenvalue weighted by molar-refractivity contribution is 5.99. The van der Waals surface area contributed by atoms with E-state index >= 15 is 0 Å². The second-order valence-electron chi connectivity index (χ2n) is 6.84. The van der Waals surface area contributed by atoms with Crippen LogP contribution in [0.3, 0.4) is 0 Å². The van der Waals surface area contributed by atoms with E-state index in [-0.39, 0.29) is 24.9 Å². The first-order chi connectivity index (χ1) is 11.7. The van der Waals surface area contributed by atoms with Gasteiger partial charge >= 0.3 is 0 Å². The number of rotatable bonds is 7. The monoisotopic (exact) mass is 341 g/mol. The van der Waals surface area contributed by atoms with Gasteiger partial charge < -0.3 is 10.3 Å². The Bertz CT molecular complexity index is 773. The van der Waals surface area contributed by atoms with Crippen LogP contribution in [0, 0.1) is 20.8 Å². The van der Waals surface area contributed by atoms with E-state index in [0.717, 1.165) is 17.1 Å². The second kappa shape index (κ2) is 7.66. The molecule has 0 aliphatic carbocycles. The van der Waals surface area contributed by atoms with Gasteiger partial charge in [-0.2, -0.15) is 0 Å². The first kappa shape index (κ1) is 18.9. The number of carbonyl (C=O) groups excluding carboxylic acids is 2. The topological polar surface area (TPSA) is 68.3 Å². The Morgan fingerprint density at radius 3 is 2.20 bits per heavy atom. The Labute approximate surface area is 149 Å². The molecule has 2 N–H and O–H groups in total. The third kappa shape index (κ3) is 4.37. The summed E-state index contributed by atoms with van der Waals surface area (Å²) >= 11 is 0. The van der Waals surface area contributed by atoms with Crippen LogP contribution in [0.25, 0.3) is 5.69 Å². The summed E-state index contributed by atoms with van der Waals surface area (Å²) in [5, 5.41) is 0. The van der Waals surface area contributed by atoms with Crippen molar-refractivity contribution in [3.8, 4) is 5.69 Å². The summed E-state index contributed by atoms with van der Waals surface area (Å²) in [6, 6.07) is 10.2. The molecule has 1 aromatic carbocycles. The zero-order valence-electron chi connectivity index (χ0n) is 15.7. The van der Waals surface area contributed by atoms with Crippen molar-refractivity contribution in [2.45, 2.75) is 40.7 Å². The number of nitrogens with two attached hydrogens (primary N) is 1. The molecule has 25 heavy (non-hydrogen) atoms. The summed E-state index contributed by atoms with van der Waals surface area (Å²) in [6.07, 6.45) is 0. The molecule has 0 fully saturated rings. The summed E-state index contributed by atoms with van der Waals surface area (Å²) in [7, 11) is 0. The van der Waals surface area contributed by atoms with Gasteiger partial charge in [-0.15, -0.1) is 0 Å². The van der Waals surface area contributed by atoms with E-state index in [0.29, 0.717) is 5.56 Å². The van der Waals surface area contributed by atoms with Crippen LogP contribution in [0.15, 0.2) is 30.3 Å². The highest BCUT2D eigenvalue weighted by Crippen LogP contribution is 2.22. The highest BCUT2D eigenvalue weighted by Gasteiger charge is 2.21. The zero-order chi connectivity index (χ0) is 18.7. The normalized spacial score (nSPS) is 11.3. The lowest BCUT2D eigenvalue weighted by Gasteiger charge is -2.24. The number of carbonyl (C=O) groups is 2. The lowest BCUT2D eigenvalue weighted by molar-refractivity contribution is -0.119. The molecule has 5 nitrogen and oxygen atoms in total. The molecular weight excluding hydrogens is 314 g/mol. The molecule has 0 bridgehead atoms. The van der Waals surface area contributed by atoms with Crippen molar-refractivity contribution < 1.29 is 9.59 Å². The van der Waals surface area contributed by atoms with E-state index in [1.807, 2.05) is 40.7 Å². The predicted octanol–water partition coefficient (Wildman–Crippen LogP) is 2.78. The summed E-state index contributed by atoms with van der Waals surface area (Å²) in [6.45, 7) is 10.2. The average Bonchev–Trinajstić information content (AvgIpc) is 2.82. The summed E-state index contributed by atoms with van der Waals surface area (Å²) in [4.78, 5) is 25.8. The lowest BCUT2D eigenvalue weighted by Crippen LogP contribution is -2.41. The van der Waals surface area contributed by atoms with Gasteiger partial charge in [0, 0.05) is 28.7 Å². The van der Waals surface area contributed by atoms with Crippen molar-refractivity contribution in [3.63, 3.8) is 0 Å². The molecule has 0 saturated carbocycles. The molecule has 5 heteroatoms. The van der Waals surface area contributed by atoms with Crippen molar-refractivity contribution in [1.29, 1.82) is 0 Å². The fourth-order valence-electron chi connectivity index (χ4n) is 3.03. The van der Waals surface area contributed by atoms with Crippen LogP contribution in [0.1, 0.15) is 41.2 Å². The maximum Gasteiger partial charge on any atom is 0.231 e. The molecule has 134 valence electrons. The Balaban J connectivity index is 2.31. The van der Waals surface area contributed by atoms with E-state index in [4.69, 9.17) is 5.73 Å². The van der Waals surface area contributed by atoms with Gasteiger partial charge in [0.05, 0.1) is 13.1 Å². The molecule has 0 aliphatic rings. The largest absolute Gasteiger partial charge is 0.369 e. The van der Waals surface area contributed by atoms with Gasteiger partial charge in [0.15, 0.2) is 5.78 Å². The Morgan fingerprint density at radius 2 is 1.68 bits per heavy atom. The third-order valence-electron chi connectivity index (χ3n) is 4.46. The third-order valence-corrected chi connectivity index (χ3v) is 4.46. The Hall–Kier alpha value is -2.40. The molecule has 0 aliphatic heterocycles. The molecule has 0 saturated heterocycles.